The molecule has 0 aliphatic carbocycles. The first-order valence-corrected chi connectivity index (χ1v) is 5.23. The SMILES string of the molecule is CNCc1c[nH]n(-c2cccc(C)c2)c1=O. The number of hydrogen-bond acceptors (Lipinski definition) is 2. The van der Waals surface area contributed by atoms with E-state index in [0.717, 1.165) is 16.8 Å². The van der Waals surface area contributed by atoms with Crippen LogP contribution in [0.25, 0.3) is 5.69 Å². The number of aryl methyl sites for hydroxylation is 1. The minimum atomic E-state index is -0.0000463. The van der Waals surface area contributed by atoms with Gasteiger partial charge in [0.25, 0.3) is 5.56 Å². The Balaban J connectivity index is 2.45. The summed E-state index contributed by atoms with van der Waals surface area (Å²) in [6.45, 7) is 2.58. The van der Waals surface area contributed by atoms with Crippen LogP contribution in [0.5, 0.6) is 0 Å². The topological polar surface area (TPSA) is 49.8 Å². The van der Waals surface area contributed by atoms with Crippen molar-refractivity contribution in [2.45, 2.75) is 13.5 Å². The zero-order valence-electron chi connectivity index (χ0n) is 9.45. The van der Waals surface area contributed by atoms with Crippen molar-refractivity contribution >= 4 is 0 Å². The van der Waals surface area contributed by atoms with Gasteiger partial charge in [0, 0.05) is 12.7 Å². The average Bonchev–Trinajstić information content (AvgIpc) is 2.61. The molecule has 1 aromatic heterocycles. The zero-order chi connectivity index (χ0) is 11.5. The molecular weight excluding hydrogens is 202 g/mol. The van der Waals surface area contributed by atoms with Crippen molar-refractivity contribution in [2.24, 2.45) is 0 Å². The Bertz CT molecular complexity index is 539. The highest BCUT2D eigenvalue weighted by atomic mass is 16.1. The van der Waals surface area contributed by atoms with Gasteiger partial charge in [-0.2, -0.15) is 0 Å². The fourth-order valence-corrected chi connectivity index (χ4v) is 1.68. The first kappa shape index (κ1) is 10.7. The number of nitrogens with zero attached hydrogens (tertiary/aromatic N) is 1. The van der Waals surface area contributed by atoms with Gasteiger partial charge < -0.3 is 5.32 Å². The number of benzene rings is 1. The largest absolute Gasteiger partial charge is 0.315 e. The Labute approximate surface area is 93.9 Å². The van der Waals surface area contributed by atoms with Crippen LogP contribution in [0.4, 0.5) is 0 Å². The summed E-state index contributed by atoms with van der Waals surface area (Å²) in [6, 6.07) is 7.83. The second kappa shape index (κ2) is 4.37. The van der Waals surface area contributed by atoms with Gasteiger partial charge in [0.2, 0.25) is 0 Å². The molecule has 0 atom stereocenters. The molecule has 1 heterocycles. The van der Waals surface area contributed by atoms with Gasteiger partial charge in [0.15, 0.2) is 0 Å². The van der Waals surface area contributed by atoms with Gasteiger partial charge in [-0.05, 0) is 31.7 Å². The lowest BCUT2D eigenvalue weighted by Gasteiger charge is -2.01. The molecule has 0 fully saturated rings. The van der Waals surface area contributed by atoms with E-state index in [9.17, 15) is 4.79 Å². The molecule has 2 rings (SSSR count). The molecule has 0 bridgehead atoms. The highest BCUT2D eigenvalue weighted by Gasteiger charge is 2.06. The summed E-state index contributed by atoms with van der Waals surface area (Å²) >= 11 is 0. The molecule has 0 unspecified atom stereocenters. The van der Waals surface area contributed by atoms with Gasteiger partial charge in [-0.25, -0.2) is 4.68 Å². The lowest BCUT2D eigenvalue weighted by molar-refractivity contribution is 0.802. The van der Waals surface area contributed by atoms with Crippen molar-refractivity contribution in [3.8, 4) is 5.69 Å². The smallest absolute Gasteiger partial charge is 0.275 e. The molecule has 84 valence electrons. The molecule has 1 aromatic carbocycles. The van der Waals surface area contributed by atoms with Gasteiger partial charge in [-0.15, -0.1) is 0 Å². The Morgan fingerprint density at radius 2 is 2.25 bits per heavy atom. The number of hydrogen-bond donors (Lipinski definition) is 2. The predicted octanol–water partition coefficient (Wildman–Crippen LogP) is 1.19. The first-order valence-electron chi connectivity index (χ1n) is 5.23. The molecule has 2 N–H and O–H groups in total. The number of aromatic nitrogens is 2. The van der Waals surface area contributed by atoms with Crippen molar-refractivity contribution in [3.63, 3.8) is 0 Å². The standard InChI is InChI=1S/C12H15N3O/c1-9-4-3-5-11(6-9)15-12(16)10(7-13-2)8-14-15/h3-6,8,13-14H,7H2,1-2H3. The molecule has 0 aliphatic heterocycles. The lowest BCUT2D eigenvalue weighted by Crippen LogP contribution is -2.20. The fraction of sp³-hybridized carbons (Fsp3) is 0.250. The molecule has 2 aromatic rings. The van der Waals surface area contributed by atoms with E-state index in [2.05, 4.69) is 10.4 Å². The van der Waals surface area contributed by atoms with E-state index in [1.165, 1.54) is 0 Å². The maximum Gasteiger partial charge on any atom is 0.275 e. The van der Waals surface area contributed by atoms with Crippen LogP contribution in [0, 0.1) is 6.92 Å². The summed E-state index contributed by atoms with van der Waals surface area (Å²) in [5, 5.41) is 5.93. The molecule has 0 radical (unpaired) electrons. The van der Waals surface area contributed by atoms with Crippen LogP contribution in [-0.2, 0) is 6.54 Å². The highest BCUT2D eigenvalue weighted by Crippen LogP contribution is 2.07. The highest BCUT2D eigenvalue weighted by molar-refractivity contribution is 5.35. The van der Waals surface area contributed by atoms with Crippen molar-refractivity contribution < 1.29 is 0 Å². The van der Waals surface area contributed by atoms with Crippen LogP contribution in [0.15, 0.2) is 35.3 Å². The van der Waals surface area contributed by atoms with Crippen LogP contribution < -0.4 is 10.9 Å². The maximum atomic E-state index is 12.0. The van der Waals surface area contributed by atoms with Gasteiger partial charge in [-0.3, -0.25) is 9.89 Å². The van der Waals surface area contributed by atoms with Crippen molar-refractivity contribution in [1.29, 1.82) is 0 Å². The summed E-state index contributed by atoms with van der Waals surface area (Å²) in [7, 11) is 1.82. The molecule has 0 aliphatic rings. The van der Waals surface area contributed by atoms with Crippen LogP contribution in [0.2, 0.25) is 0 Å². The Morgan fingerprint density at radius 1 is 1.44 bits per heavy atom. The summed E-state index contributed by atoms with van der Waals surface area (Å²) < 4.78 is 1.56. The van der Waals surface area contributed by atoms with E-state index in [1.54, 1.807) is 10.9 Å². The molecule has 0 saturated carbocycles. The number of rotatable bonds is 3. The number of H-pyrrole nitrogens is 1. The monoisotopic (exact) mass is 217 g/mol. The van der Waals surface area contributed by atoms with Crippen LogP contribution in [0.1, 0.15) is 11.1 Å². The third kappa shape index (κ3) is 1.92. The van der Waals surface area contributed by atoms with Crippen LogP contribution in [-0.4, -0.2) is 16.8 Å². The van der Waals surface area contributed by atoms with Crippen LogP contribution >= 0.6 is 0 Å². The van der Waals surface area contributed by atoms with E-state index < -0.39 is 0 Å². The Kier molecular flexibility index (Phi) is 2.92. The van der Waals surface area contributed by atoms with E-state index in [4.69, 9.17) is 0 Å². The molecule has 0 amide bonds. The third-order valence-corrected chi connectivity index (χ3v) is 2.47. The van der Waals surface area contributed by atoms with Crippen molar-refractivity contribution in [2.75, 3.05) is 7.05 Å². The van der Waals surface area contributed by atoms with Crippen molar-refractivity contribution in [1.82, 2.24) is 15.1 Å². The van der Waals surface area contributed by atoms with Gasteiger partial charge in [-0.1, -0.05) is 12.1 Å². The van der Waals surface area contributed by atoms with Gasteiger partial charge in [0.1, 0.15) is 0 Å². The summed E-state index contributed by atoms with van der Waals surface area (Å²) in [5.74, 6) is 0. The number of nitrogens with one attached hydrogen (secondary N) is 2. The van der Waals surface area contributed by atoms with E-state index in [1.807, 2.05) is 38.2 Å². The number of aromatic amines is 1. The summed E-state index contributed by atoms with van der Waals surface area (Å²) in [6.07, 6.45) is 1.74. The molecular formula is C12H15N3O. The molecule has 4 nitrogen and oxygen atoms in total. The normalized spacial score (nSPS) is 10.6. The van der Waals surface area contributed by atoms with E-state index in [-0.39, 0.29) is 5.56 Å². The quantitative estimate of drug-likeness (QED) is 0.811. The zero-order valence-corrected chi connectivity index (χ0v) is 9.45. The van der Waals surface area contributed by atoms with E-state index in [0.29, 0.717) is 6.54 Å². The molecule has 0 spiro atoms. The summed E-state index contributed by atoms with van der Waals surface area (Å²) in [4.78, 5) is 12.0. The second-order valence-electron chi connectivity index (χ2n) is 3.81. The van der Waals surface area contributed by atoms with E-state index >= 15 is 0 Å². The molecule has 4 heteroatoms. The third-order valence-electron chi connectivity index (χ3n) is 2.47. The average molecular weight is 217 g/mol. The summed E-state index contributed by atoms with van der Waals surface area (Å²) in [5.41, 5.74) is 2.74. The lowest BCUT2D eigenvalue weighted by atomic mass is 10.2. The van der Waals surface area contributed by atoms with Gasteiger partial charge >= 0.3 is 0 Å². The minimum absolute atomic E-state index is 0.0000463. The van der Waals surface area contributed by atoms with Crippen molar-refractivity contribution in [3.05, 3.63) is 51.9 Å². The second-order valence-corrected chi connectivity index (χ2v) is 3.81. The first-order chi connectivity index (χ1) is 7.72. The predicted molar refractivity (Wildman–Crippen MR) is 63.9 cm³/mol. The van der Waals surface area contributed by atoms with Gasteiger partial charge in [0.05, 0.1) is 11.3 Å². The Morgan fingerprint density at radius 3 is 2.94 bits per heavy atom. The molecule has 0 saturated heterocycles. The maximum absolute atomic E-state index is 12.0. The minimum Gasteiger partial charge on any atom is -0.315 e. The fourth-order valence-electron chi connectivity index (χ4n) is 1.68. The Hall–Kier alpha value is -1.81. The van der Waals surface area contributed by atoms with Crippen LogP contribution in [0.3, 0.4) is 0 Å². The molecule has 16 heavy (non-hydrogen) atoms.